The topological polar surface area (TPSA) is 80.5 Å². The Hall–Kier alpha value is -3.37. The van der Waals surface area contributed by atoms with Crippen LogP contribution in [0.25, 0.3) is 0 Å². The van der Waals surface area contributed by atoms with Gasteiger partial charge in [-0.25, -0.2) is 22.0 Å². The summed E-state index contributed by atoms with van der Waals surface area (Å²) in [6.45, 7) is -1.28. The van der Waals surface area contributed by atoms with Gasteiger partial charge in [-0.15, -0.1) is 0 Å². The van der Waals surface area contributed by atoms with Crippen molar-refractivity contribution >= 4 is 17.5 Å². The number of imide groups is 1. The number of hydrogen-bond acceptors (Lipinski definition) is 4. The zero-order chi connectivity index (χ0) is 19.3. The van der Waals surface area contributed by atoms with E-state index in [0.29, 0.717) is 0 Å². The van der Waals surface area contributed by atoms with E-state index >= 15 is 0 Å². The Balaban J connectivity index is 2.09. The zero-order valence-electron chi connectivity index (χ0n) is 12.4. The lowest BCUT2D eigenvalue weighted by Crippen LogP contribution is -2.30. The van der Waals surface area contributed by atoms with Gasteiger partial charge in [0.25, 0.3) is 17.5 Å². The average molecular weight is 372 g/mol. The molecular weight excluding hydrogens is 367 g/mol. The third-order valence-electron chi connectivity index (χ3n) is 3.79. The van der Waals surface area contributed by atoms with Crippen LogP contribution >= 0.6 is 0 Å². The molecule has 3 rings (SSSR count). The first kappa shape index (κ1) is 17.5. The second-order valence-corrected chi connectivity index (χ2v) is 5.20. The van der Waals surface area contributed by atoms with Gasteiger partial charge in [-0.1, -0.05) is 6.07 Å². The quantitative estimate of drug-likeness (QED) is 0.207. The lowest BCUT2D eigenvalue weighted by Gasteiger charge is -2.15. The van der Waals surface area contributed by atoms with Gasteiger partial charge in [0.2, 0.25) is 5.82 Å². The summed E-state index contributed by atoms with van der Waals surface area (Å²) in [7, 11) is 0. The van der Waals surface area contributed by atoms with Crippen LogP contribution < -0.4 is 0 Å². The summed E-state index contributed by atoms with van der Waals surface area (Å²) in [5.74, 6) is -13.7. The molecule has 1 aliphatic heterocycles. The van der Waals surface area contributed by atoms with Crippen molar-refractivity contribution in [2.24, 2.45) is 0 Å². The maximum Gasteiger partial charge on any atom is 0.282 e. The Labute approximate surface area is 140 Å². The van der Waals surface area contributed by atoms with Crippen molar-refractivity contribution in [2.75, 3.05) is 0 Å². The molecule has 26 heavy (non-hydrogen) atoms. The molecule has 1 aliphatic rings. The fourth-order valence-corrected chi connectivity index (χ4v) is 2.56. The van der Waals surface area contributed by atoms with Gasteiger partial charge in [-0.05, 0) is 6.07 Å². The zero-order valence-corrected chi connectivity index (χ0v) is 12.4. The molecule has 0 fully saturated rings. The number of fused-ring (bicyclic) bond motifs is 1. The van der Waals surface area contributed by atoms with E-state index < -0.39 is 74.7 Å². The first-order valence-corrected chi connectivity index (χ1v) is 6.80. The van der Waals surface area contributed by atoms with Crippen LogP contribution in [0.1, 0.15) is 26.3 Å². The minimum atomic E-state index is -2.39. The molecule has 0 saturated heterocycles. The molecule has 2 amide bonds. The van der Waals surface area contributed by atoms with Crippen molar-refractivity contribution in [3.05, 3.63) is 74.1 Å². The largest absolute Gasteiger partial charge is 0.282 e. The Morgan fingerprint density at radius 1 is 0.885 bits per heavy atom. The molecule has 0 radical (unpaired) electrons. The van der Waals surface area contributed by atoms with Crippen molar-refractivity contribution in [3.8, 4) is 0 Å². The Kier molecular flexibility index (Phi) is 3.93. The molecular formula is C15H5F5N2O4. The number of nitro benzene ring substituents is 1. The molecule has 0 atom stereocenters. The van der Waals surface area contributed by atoms with Crippen LogP contribution in [-0.4, -0.2) is 21.6 Å². The van der Waals surface area contributed by atoms with Gasteiger partial charge in [-0.3, -0.25) is 24.6 Å². The SMILES string of the molecule is O=C1c2cccc([N+](=O)[O-])c2C(=O)N1Cc1c(F)c(F)c(F)c(F)c1F. The molecule has 1 heterocycles. The molecule has 0 N–H and O–H groups in total. The summed E-state index contributed by atoms with van der Waals surface area (Å²) >= 11 is 0. The van der Waals surface area contributed by atoms with E-state index in [1.165, 1.54) is 0 Å². The number of halogens is 5. The van der Waals surface area contributed by atoms with Gasteiger partial charge in [0.15, 0.2) is 23.3 Å². The Morgan fingerprint density at radius 2 is 1.42 bits per heavy atom. The fraction of sp³-hybridized carbons (Fsp3) is 0.0667. The van der Waals surface area contributed by atoms with E-state index in [0.717, 1.165) is 18.2 Å². The molecule has 11 heteroatoms. The molecule has 134 valence electrons. The summed E-state index contributed by atoms with van der Waals surface area (Å²) in [5, 5.41) is 11.0. The Bertz CT molecular complexity index is 979. The number of nitro groups is 1. The summed E-state index contributed by atoms with van der Waals surface area (Å²) < 4.78 is 67.1. The minimum Gasteiger partial charge on any atom is -0.269 e. The predicted molar refractivity (Wildman–Crippen MR) is 73.5 cm³/mol. The number of carbonyl (C=O) groups is 2. The lowest BCUT2D eigenvalue weighted by molar-refractivity contribution is -0.385. The Morgan fingerprint density at radius 3 is 1.96 bits per heavy atom. The van der Waals surface area contributed by atoms with E-state index in [1.54, 1.807) is 0 Å². The van der Waals surface area contributed by atoms with Crippen LogP contribution in [-0.2, 0) is 6.54 Å². The van der Waals surface area contributed by atoms with Crippen LogP contribution in [0.2, 0.25) is 0 Å². The van der Waals surface area contributed by atoms with Gasteiger partial charge in [-0.2, -0.15) is 0 Å². The number of carbonyl (C=O) groups excluding carboxylic acids is 2. The highest BCUT2D eigenvalue weighted by Gasteiger charge is 2.42. The highest BCUT2D eigenvalue weighted by Crippen LogP contribution is 2.33. The van der Waals surface area contributed by atoms with Gasteiger partial charge >= 0.3 is 0 Å². The van der Waals surface area contributed by atoms with Crippen molar-refractivity contribution in [1.82, 2.24) is 4.90 Å². The maximum atomic E-state index is 13.8. The number of benzene rings is 2. The molecule has 0 unspecified atom stereocenters. The maximum absolute atomic E-state index is 13.8. The predicted octanol–water partition coefficient (Wildman–Crippen LogP) is 3.09. The number of nitrogens with zero attached hydrogens (tertiary/aromatic N) is 2. The van der Waals surface area contributed by atoms with Gasteiger partial charge < -0.3 is 0 Å². The molecule has 0 bridgehead atoms. The van der Waals surface area contributed by atoms with Crippen molar-refractivity contribution < 1.29 is 36.5 Å². The third-order valence-corrected chi connectivity index (χ3v) is 3.79. The molecule has 0 aromatic heterocycles. The van der Waals surface area contributed by atoms with Crippen LogP contribution in [0.3, 0.4) is 0 Å². The van der Waals surface area contributed by atoms with E-state index in [2.05, 4.69) is 0 Å². The molecule has 2 aromatic rings. The van der Waals surface area contributed by atoms with Crippen molar-refractivity contribution in [1.29, 1.82) is 0 Å². The normalized spacial score (nSPS) is 13.3. The van der Waals surface area contributed by atoms with E-state index in [1.807, 2.05) is 0 Å². The fourth-order valence-electron chi connectivity index (χ4n) is 2.56. The monoisotopic (exact) mass is 372 g/mol. The van der Waals surface area contributed by atoms with Crippen molar-refractivity contribution in [3.63, 3.8) is 0 Å². The second kappa shape index (κ2) is 5.86. The number of hydrogen-bond donors (Lipinski definition) is 0. The molecule has 0 spiro atoms. The summed E-state index contributed by atoms with van der Waals surface area (Å²) in [5.41, 5.74) is -3.15. The summed E-state index contributed by atoms with van der Waals surface area (Å²) in [6.07, 6.45) is 0. The summed E-state index contributed by atoms with van der Waals surface area (Å²) in [6, 6.07) is 3.12. The van der Waals surface area contributed by atoms with Crippen LogP contribution in [0.4, 0.5) is 27.6 Å². The number of amides is 2. The standard InChI is InChI=1S/C15H5F5N2O4/c16-9-6(10(17)12(19)13(20)11(9)18)4-21-14(23)5-2-1-3-7(22(25)26)8(5)15(21)24/h1-3H,4H2. The first-order chi connectivity index (χ1) is 12.2. The average Bonchev–Trinajstić information content (AvgIpc) is 2.86. The molecule has 2 aromatic carbocycles. The van der Waals surface area contributed by atoms with Gasteiger partial charge in [0.1, 0.15) is 5.56 Å². The smallest absolute Gasteiger partial charge is 0.269 e. The highest BCUT2D eigenvalue weighted by atomic mass is 19.2. The van der Waals surface area contributed by atoms with Crippen LogP contribution in [0, 0.1) is 39.2 Å². The molecule has 6 nitrogen and oxygen atoms in total. The van der Waals surface area contributed by atoms with Gasteiger partial charge in [0, 0.05) is 11.6 Å². The highest BCUT2D eigenvalue weighted by molar-refractivity contribution is 6.23. The van der Waals surface area contributed by atoms with Gasteiger partial charge in [0.05, 0.1) is 17.0 Å². The van der Waals surface area contributed by atoms with Crippen molar-refractivity contribution in [2.45, 2.75) is 6.54 Å². The van der Waals surface area contributed by atoms with E-state index in [-0.39, 0.29) is 4.90 Å². The van der Waals surface area contributed by atoms with Crippen LogP contribution in [0.5, 0.6) is 0 Å². The molecule has 0 aliphatic carbocycles. The number of rotatable bonds is 3. The first-order valence-electron chi connectivity index (χ1n) is 6.80. The lowest BCUT2D eigenvalue weighted by atomic mass is 10.1. The van der Waals surface area contributed by atoms with E-state index in [4.69, 9.17) is 0 Å². The third kappa shape index (κ3) is 2.31. The van der Waals surface area contributed by atoms with Crippen LogP contribution in [0.15, 0.2) is 18.2 Å². The molecule has 0 saturated carbocycles. The second-order valence-electron chi connectivity index (χ2n) is 5.20. The summed E-state index contributed by atoms with van der Waals surface area (Å²) in [4.78, 5) is 34.7. The minimum absolute atomic E-state index is 0.177. The van der Waals surface area contributed by atoms with E-state index in [9.17, 15) is 41.7 Å².